The van der Waals surface area contributed by atoms with Crippen molar-refractivity contribution in [2.75, 3.05) is 31.6 Å². The lowest BCUT2D eigenvalue weighted by Gasteiger charge is -2.35. The summed E-state index contributed by atoms with van der Waals surface area (Å²) < 4.78 is 5.40. The van der Waals surface area contributed by atoms with Crippen molar-refractivity contribution < 1.29 is 9.53 Å². The first-order chi connectivity index (χ1) is 15.0. The predicted molar refractivity (Wildman–Crippen MR) is 123 cm³/mol. The van der Waals surface area contributed by atoms with Crippen LogP contribution in [0.25, 0.3) is 0 Å². The van der Waals surface area contributed by atoms with Gasteiger partial charge in [0.25, 0.3) is 0 Å². The van der Waals surface area contributed by atoms with E-state index >= 15 is 0 Å². The van der Waals surface area contributed by atoms with E-state index in [0.717, 1.165) is 74.9 Å². The van der Waals surface area contributed by atoms with Crippen LogP contribution in [0.3, 0.4) is 0 Å². The Morgan fingerprint density at radius 1 is 1.23 bits per heavy atom. The fourth-order valence-electron chi connectivity index (χ4n) is 4.79. The molecule has 2 aliphatic rings. The number of rotatable bonds is 5. The van der Waals surface area contributed by atoms with E-state index in [1.165, 1.54) is 11.1 Å². The summed E-state index contributed by atoms with van der Waals surface area (Å²) >= 11 is 0. The highest BCUT2D eigenvalue weighted by Crippen LogP contribution is 2.33. The summed E-state index contributed by atoms with van der Waals surface area (Å²) in [6.45, 7) is 9.43. The number of carbonyl (C=O) groups excluding carboxylic acids is 1. The Kier molecular flexibility index (Phi) is 6.44. The second kappa shape index (κ2) is 9.25. The van der Waals surface area contributed by atoms with Crippen molar-refractivity contribution in [1.82, 2.24) is 14.9 Å². The molecular formula is C25H34N4O2. The van der Waals surface area contributed by atoms with Gasteiger partial charge in [-0.25, -0.2) is 9.97 Å². The normalized spacial score (nSPS) is 18.8. The molecule has 2 aromatic rings. The van der Waals surface area contributed by atoms with E-state index in [1.54, 1.807) is 7.11 Å². The van der Waals surface area contributed by atoms with Crippen molar-refractivity contribution >= 4 is 11.7 Å². The van der Waals surface area contributed by atoms with Crippen molar-refractivity contribution in [3.05, 3.63) is 46.9 Å². The number of aryl methyl sites for hydroxylation is 1. The zero-order chi connectivity index (χ0) is 22.0. The quantitative estimate of drug-likeness (QED) is 0.726. The van der Waals surface area contributed by atoms with Gasteiger partial charge in [0.15, 0.2) is 0 Å². The SMILES string of the molecule is COc1cccc(CN2CCCc3c(C)nc(C4CCCN(C(=O)C(C)C)C4)nc32)c1. The molecule has 6 nitrogen and oxygen atoms in total. The van der Waals surface area contributed by atoms with Crippen LogP contribution >= 0.6 is 0 Å². The molecule has 6 heteroatoms. The highest BCUT2D eigenvalue weighted by molar-refractivity contribution is 5.78. The molecule has 0 N–H and O–H groups in total. The van der Waals surface area contributed by atoms with E-state index in [-0.39, 0.29) is 17.7 Å². The molecule has 1 aromatic carbocycles. The van der Waals surface area contributed by atoms with Crippen molar-refractivity contribution in [2.24, 2.45) is 5.92 Å². The maximum Gasteiger partial charge on any atom is 0.225 e. The van der Waals surface area contributed by atoms with Crippen LogP contribution in [0.5, 0.6) is 5.75 Å². The molecule has 0 bridgehead atoms. The molecule has 1 atom stereocenters. The topological polar surface area (TPSA) is 58.6 Å². The van der Waals surface area contributed by atoms with Crippen LogP contribution in [-0.4, -0.2) is 47.5 Å². The molecule has 0 aliphatic carbocycles. The van der Waals surface area contributed by atoms with Crippen molar-refractivity contribution in [2.45, 2.75) is 58.9 Å². The third kappa shape index (κ3) is 4.68. The molecule has 4 rings (SSSR count). The number of hydrogen-bond acceptors (Lipinski definition) is 5. The molecule has 0 spiro atoms. The zero-order valence-electron chi connectivity index (χ0n) is 19.2. The van der Waals surface area contributed by atoms with E-state index < -0.39 is 0 Å². The maximum atomic E-state index is 12.5. The number of hydrogen-bond donors (Lipinski definition) is 0. The summed E-state index contributed by atoms with van der Waals surface area (Å²) in [5.74, 6) is 3.33. The smallest absolute Gasteiger partial charge is 0.225 e. The average molecular weight is 423 g/mol. The van der Waals surface area contributed by atoms with E-state index in [0.29, 0.717) is 0 Å². The van der Waals surface area contributed by atoms with Gasteiger partial charge in [-0.2, -0.15) is 0 Å². The second-order valence-corrected chi connectivity index (χ2v) is 9.12. The third-order valence-electron chi connectivity index (χ3n) is 6.46. The minimum atomic E-state index is 0.0308. The number of aromatic nitrogens is 2. The standard InChI is InChI=1S/C25H34N4O2/c1-17(2)25(30)29-13-6-9-20(16-29)23-26-18(3)22-11-7-12-28(24(22)27-23)15-19-8-5-10-21(14-19)31-4/h5,8,10,14,17,20H,6-7,9,11-13,15-16H2,1-4H3. The highest BCUT2D eigenvalue weighted by Gasteiger charge is 2.30. The number of methoxy groups -OCH3 is 1. The molecule has 3 heterocycles. The Labute approximate surface area is 185 Å². The lowest BCUT2D eigenvalue weighted by molar-refractivity contribution is -0.135. The van der Waals surface area contributed by atoms with Gasteiger partial charge < -0.3 is 14.5 Å². The molecular weight excluding hydrogens is 388 g/mol. The van der Waals surface area contributed by atoms with E-state index in [9.17, 15) is 4.79 Å². The summed E-state index contributed by atoms with van der Waals surface area (Å²) in [6.07, 6.45) is 4.19. The van der Waals surface area contributed by atoms with Gasteiger partial charge in [-0.3, -0.25) is 4.79 Å². The Hall–Kier alpha value is -2.63. The van der Waals surface area contributed by atoms with Crippen molar-refractivity contribution in [3.8, 4) is 5.75 Å². The molecule has 31 heavy (non-hydrogen) atoms. The van der Waals surface area contributed by atoms with Gasteiger partial charge in [-0.05, 0) is 50.3 Å². The number of benzene rings is 1. The van der Waals surface area contributed by atoms with Crippen LogP contribution < -0.4 is 9.64 Å². The first kappa shape index (κ1) is 21.6. The number of amides is 1. The number of likely N-dealkylation sites (tertiary alicyclic amines) is 1. The summed E-state index contributed by atoms with van der Waals surface area (Å²) in [6, 6.07) is 8.26. The summed E-state index contributed by atoms with van der Waals surface area (Å²) in [5, 5.41) is 0. The van der Waals surface area contributed by atoms with Crippen LogP contribution in [0.2, 0.25) is 0 Å². The summed E-state index contributed by atoms with van der Waals surface area (Å²) in [4.78, 5) is 27.0. The number of anilines is 1. The third-order valence-corrected chi connectivity index (χ3v) is 6.46. The van der Waals surface area contributed by atoms with Gasteiger partial charge in [0.2, 0.25) is 5.91 Å². The molecule has 0 saturated carbocycles. The number of nitrogens with zero attached hydrogens (tertiary/aromatic N) is 4. The van der Waals surface area contributed by atoms with E-state index in [2.05, 4.69) is 24.0 Å². The number of ether oxygens (including phenoxy) is 1. The van der Waals surface area contributed by atoms with Gasteiger partial charge in [-0.1, -0.05) is 26.0 Å². The predicted octanol–water partition coefficient (Wildman–Crippen LogP) is 4.11. The average Bonchev–Trinajstić information content (AvgIpc) is 2.79. The molecule has 1 amide bonds. The molecule has 1 aromatic heterocycles. The lowest BCUT2D eigenvalue weighted by atomic mass is 9.95. The first-order valence-electron chi connectivity index (χ1n) is 11.5. The fraction of sp³-hybridized carbons (Fsp3) is 0.560. The minimum absolute atomic E-state index is 0.0308. The van der Waals surface area contributed by atoms with Crippen LogP contribution in [0.1, 0.15) is 61.7 Å². The molecule has 1 unspecified atom stereocenters. The molecule has 166 valence electrons. The van der Waals surface area contributed by atoms with Crippen LogP contribution in [0.4, 0.5) is 5.82 Å². The number of fused-ring (bicyclic) bond motifs is 1. The lowest BCUT2D eigenvalue weighted by Crippen LogP contribution is -2.41. The first-order valence-corrected chi connectivity index (χ1v) is 11.5. The van der Waals surface area contributed by atoms with Crippen molar-refractivity contribution in [1.29, 1.82) is 0 Å². The Morgan fingerprint density at radius 3 is 2.84 bits per heavy atom. The Bertz CT molecular complexity index is 943. The van der Waals surface area contributed by atoms with Gasteiger partial charge in [-0.15, -0.1) is 0 Å². The second-order valence-electron chi connectivity index (χ2n) is 9.12. The fourth-order valence-corrected chi connectivity index (χ4v) is 4.79. The van der Waals surface area contributed by atoms with Crippen LogP contribution in [0, 0.1) is 12.8 Å². The van der Waals surface area contributed by atoms with E-state index in [4.69, 9.17) is 14.7 Å². The van der Waals surface area contributed by atoms with Gasteiger partial charge in [0, 0.05) is 49.3 Å². The van der Waals surface area contributed by atoms with Gasteiger partial charge >= 0.3 is 0 Å². The zero-order valence-corrected chi connectivity index (χ0v) is 19.2. The molecule has 0 radical (unpaired) electrons. The Morgan fingerprint density at radius 2 is 2.06 bits per heavy atom. The monoisotopic (exact) mass is 422 g/mol. The van der Waals surface area contributed by atoms with Crippen LogP contribution in [0.15, 0.2) is 24.3 Å². The van der Waals surface area contributed by atoms with Gasteiger partial charge in [0.1, 0.15) is 17.4 Å². The molecule has 2 aliphatic heterocycles. The van der Waals surface area contributed by atoms with Gasteiger partial charge in [0.05, 0.1) is 7.11 Å². The number of carbonyl (C=O) groups is 1. The van der Waals surface area contributed by atoms with E-state index in [1.807, 2.05) is 30.9 Å². The highest BCUT2D eigenvalue weighted by atomic mass is 16.5. The maximum absolute atomic E-state index is 12.5. The summed E-state index contributed by atoms with van der Waals surface area (Å²) in [5.41, 5.74) is 3.57. The van der Waals surface area contributed by atoms with Crippen molar-refractivity contribution in [3.63, 3.8) is 0 Å². The Balaban J connectivity index is 1.60. The number of piperidine rings is 1. The molecule has 1 fully saturated rings. The molecule has 1 saturated heterocycles. The minimum Gasteiger partial charge on any atom is -0.497 e. The van der Waals surface area contributed by atoms with Crippen LogP contribution in [-0.2, 0) is 17.8 Å². The summed E-state index contributed by atoms with van der Waals surface area (Å²) in [7, 11) is 1.70. The largest absolute Gasteiger partial charge is 0.497 e.